The van der Waals surface area contributed by atoms with Gasteiger partial charge < -0.3 is 4.74 Å². The van der Waals surface area contributed by atoms with Crippen molar-refractivity contribution in [2.24, 2.45) is 5.10 Å². The van der Waals surface area contributed by atoms with Crippen LogP contribution in [0.3, 0.4) is 0 Å². The molecule has 136 valence electrons. The Balaban J connectivity index is 1.50. The highest BCUT2D eigenvalue weighted by molar-refractivity contribution is 6.30. The summed E-state index contributed by atoms with van der Waals surface area (Å²) in [6, 6.07) is 19.9. The number of carbonyl (C=O) groups is 1. The van der Waals surface area contributed by atoms with E-state index in [9.17, 15) is 9.18 Å². The van der Waals surface area contributed by atoms with Gasteiger partial charge in [-0.15, -0.1) is 0 Å². The predicted octanol–water partition coefficient (Wildman–Crippen LogP) is 4.82. The van der Waals surface area contributed by atoms with Gasteiger partial charge in [-0.05, 0) is 71.8 Å². The van der Waals surface area contributed by atoms with Crippen LogP contribution in [-0.4, -0.2) is 12.1 Å². The van der Waals surface area contributed by atoms with Crippen LogP contribution in [0, 0.1) is 5.82 Å². The van der Waals surface area contributed by atoms with Gasteiger partial charge in [0.2, 0.25) is 0 Å². The van der Waals surface area contributed by atoms with Gasteiger partial charge in [-0.2, -0.15) is 5.10 Å². The van der Waals surface area contributed by atoms with Crippen LogP contribution in [0.5, 0.6) is 5.75 Å². The molecule has 0 atom stereocenters. The molecule has 1 N–H and O–H groups in total. The molecule has 0 aromatic heterocycles. The lowest BCUT2D eigenvalue weighted by Gasteiger charge is -2.06. The zero-order chi connectivity index (χ0) is 19.1. The molecule has 0 bridgehead atoms. The van der Waals surface area contributed by atoms with Gasteiger partial charge in [-0.25, -0.2) is 9.82 Å². The lowest BCUT2D eigenvalue weighted by Crippen LogP contribution is -2.17. The van der Waals surface area contributed by atoms with E-state index in [1.54, 1.807) is 48.5 Å². The number of benzene rings is 3. The molecule has 3 aromatic carbocycles. The van der Waals surface area contributed by atoms with Crippen LogP contribution in [-0.2, 0) is 6.61 Å². The van der Waals surface area contributed by atoms with Gasteiger partial charge in [0.1, 0.15) is 18.2 Å². The minimum Gasteiger partial charge on any atom is -0.489 e. The summed E-state index contributed by atoms with van der Waals surface area (Å²) in [6.45, 7) is 0.352. The van der Waals surface area contributed by atoms with E-state index in [-0.39, 0.29) is 11.7 Å². The van der Waals surface area contributed by atoms with Gasteiger partial charge in [-0.1, -0.05) is 23.7 Å². The maximum Gasteiger partial charge on any atom is 0.271 e. The van der Waals surface area contributed by atoms with E-state index in [1.807, 2.05) is 12.1 Å². The summed E-state index contributed by atoms with van der Waals surface area (Å²) in [7, 11) is 0. The monoisotopic (exact) mass is 382 g/mol. The Morgan fingerprint density at radius 3 is 2.33 bits per heavy atom. The van der Waals surface area contributed by atoms with Gasteiger partial charge in [0.25, 0.3) is 5.91 Å². The molecular formula is C21H16ClFN2O2. The quantitative estimate of drug-likeness (QED) is 0.490. The van der Waals surface area contributed by atoms with Crippen molar-refractivity contribution in [1.29, 1.82) is 0 Å². The smallest absolute Gasteiger partial charge is 0.271 e. The normalized spacial score (nSPS) is 10.7. The van der Waals surface area contributed by atoms with Gasteiger partial charge in [0.05, 0.1) is 6.21 Å². The molecule has 0 saturated heterocycles. The van der Waals surface area contributed by atoms with E-state index in [1.165, 1.54) is 18.3 Å². The number of ether oxygens (including phenoxy) is 1. The Morgan fingerprint density at radius 2 is 1.67 bits per heavy atom. The van der Waals surface area contributed by atoms with Crippen LogP contribution in [0.15, 0.2) is 77.9 Å². The van der Waals surface area contributed by atoms with Gasteiger partial charge in [-0.3, -0.25) is 4.79 Å². The van der Waals surface area contributed by atoms with Crippen molar-refractivity contribution in [2.75, 3.05) is 0 Å². The molecule has 0 unspecified atom stereocenters. The maximum absolute atomic E-state index is 12.9. The number of halogens is 2. The summed E-state index contributed by atoms with van der Waals surface area (Å²) in [5.41, 5.74) is 4.62. The van der Waals surface area contributed by atoms with E-state index < -0.39 is 0 Å². The molecule has 1 amide bonds. The lowest BCUT2D eigenvalue weighted by atomic mass is 10.2. The highest BCUT2D eigenvalue weighted by Crippen LogP contribution is 2.14. The molecule has 3 aromatic rings. The van der Waals surface area contributed by atoms with Gasteiger partial charge in [0.15, 0.2) is 0 Å². The summed E-state index contributed by atoms with van der Waals surface area (Å²) >= 11 is 5.79. The van der Waals surface area contributed by atoms with Crippen molar-refractivity contribution < 1.29 is 13.9 Å². The van der Waals surface area contributed by atoms with E-state index in [4.69, 9.17) is 16.3 Å². The van der Waals surface area contributed by atoms with Crippen LogP contribution < -0.4 is 10.2 Å². The Bertz CT molecular complexity index is 924. The minimum atomic E-state index is -0.317. The highest BCUT2D eigenvalue weighted by Gasteiger charge is 2.03. The second kappa shape index (κ2) is 8.96. The van der Waals surface area contributed by atoms with Crippen LogP contribution in [0.1, 0.15) is 21.5 Å². The van der Waals surface area contributed by atoms with Crippen molar-refractivity contribution >= 4 is 23.7 Å². The zero-order valence-corrected chi connectivity index (χ0v) is 15.0. The van der Waals surface area contributed by atoms with Crippen LogP contribution in [0.2, 0.25) is 5.02 Å². The molecule has 0 spiro atoms. The van der Waals surface area contributed by atoms with Gasteiger partial charge >= 0.3 is 0 Å². The third-order valence-electron chi connectivity index (χ3n) is 3.68. The Hall–Kier alpha value is -3.18. The van der Waals surface area contributed by atoms with E-state index in [2.05, 4.69) is 10.5 Å². The first-order chi connectivity index (χ1) is 13.1. The fraction of sp³-hybridized carbons (Fsp3) is 0.0476. The second-order valence-corrected chi connectivity index (χ2v) is 6.13. The number of nitrogens with zero attached hydrogens (tertiary/aromatic N) is 1. The SMILES string of the molecule is O=C(N/N=C\c1ccc(OCc2ccc(F)cc2)cc1)c1ccc(Cl)cc1. The summed E-state index contributed by atoms with van der Waals surface area (Å²) < 4.78 is 18.5. The molecule has 0 heterocycles. The summed E-state index contributed by atoms with van der Waals surface area (Å²) in [5.74, 6) is 0.0920. The number of carbonyl (C=O) groups excluding carboxylic acids is 1. The molecule has 3 rings (SSSR count). The first-order valence-electron chi connectivity index (χ1n) is 8.16. The zero-order valence-electron chi connectivity index (χ0n) is 14.2. The van der Waals surface area contributed by atoms with Crippen LogP contribution in [0.25, 0.3) is 0 Å². The topological polar surface area (TPSA) is 50.7 Å². The van der Waals surface area contributed by atoms with Gasteiger partial charge in [0, 0.05) is 10.6 Å². The van der Waals surface area contributed by atoms with Crippen molar-refractivity contribution in [3.8, 4) is 5.75 Å². The molecule has 0 radical (unpaired) electrons. The molecule has 6 heteroatoms. The fourth-order valence-electron chi connectivity index (χ4n) is 2.23. The molecule has 4 nitrogen and oxygen atoms in total. The maximum atomic E-state index is 12.9. The van der Waals surface area contributed by atoms with Crippen molar-refractivity contribution in [2.45, 2.75) is 6.61 Å². The van der Waals surface area contributed by atoms with Crippen molar-refractivity contribution in [3.63, 3.8) is 0 Å². The van der Waals surface area contributed by atoms with Crippen molar-refractivity contribution in [3.05, 3.63) is 100 Å². The fourth-order valence-corrected chi connectivity index (χ4v) is 2.35. The lowest BCUT2D eigenvalue weighted by molar-refractivity contribution is 0.0955. The number of rotatable bonds is 6. The number of hydrogen-bond acceptors (Lipinski definition) is 3. The number of nitrogens with one attached hydrogen (secondary N) is 1. The average Bonchev–Trinajstić information content (AvgIpc) is 2.69. The predicted molar refractivity (Wildman–Crippen MR) is 104 cm³/mol. The summed E-state index contributed by atoms with van der Waals surface area (Å²) in [4.78, 5) is 11.9. The molecule has 0 fully saturated rings. The minimum absolute atomic E-state index is 0.273. The number of amides is 1. The molecule has 0 aliphatic carbocycles. The molecule has 0 aliphatic rings. The Morgan fingerprint density at radius 1 is 1.00 bits per heavy atom. The third-order valence-corrected chi connectivity index (χ3v) is 3.94. The molecule has 0 saturated carbocycles. The second-order valence-electron chi connectivity index (χ2n) is 5.69. The van der Waals surface area contributed by atoms with E-state index in [0.29, 0.717) is 22.9 Å². The molecule has 27 heavy (non-hydrogen) atoms. The van der Waals surface area contributed by atoms with Crippen LogP contribution in [0.4, 0.5) is 4.39 Å². The molecule has 0 aliphatic heterocycles. The first-order valence-corrected chi connectivity index (χ1v) is 8.54. The largest absolute Gasteiger partial charge is 0.489 e. The first kappa shape index (κ1) is 18.6. The Kier molecular flexibility index (Phi) is 6.18. The highest BCUT2D eigenvalue weighted by atomic mass is 35.5. The Labute approximate surface area is 161 Å². The molecular weight excluding hydrogens is 367 g/mol. The summed E-state index contributed by atoms with van der Waals surface area (Å²) in [6.07, 6.45) is 1.54. The van der Waals surface area contributed by atoms with E-state index in [0.717, 1.165) is 11.1 Å². The number of hydrazone groups is 1. The average molecular weight is 383 g/mol. The van der Waals surface area contributed by atoms with E-state index >= 15 is 0 Å². The number of hydrogen-bond donors (Lipinski definition) is 1. The standard InChI is InChI=1S/C21H16ClFN2O2/c22-18-7-5-17(6-8-18)21(26)25-24-13-15-3-11-20(12-4-15)27-14-16-1-9-19(23)10-2-16/h1-13H,14H2,(H,25,26)/b24-13-. The van der Waals surface area contributed by atoms with Crippen molar-refractivity contribution in [1.82, 2.24) is 5.43 Å². The van der Waals surface area contributed by atoms with Crippen LogP contribution >= 0.6 is 11.6 Å². The summed E-state index contributed by atoms with van der Waals surface area (Å²) in [5, 5.41) is 4.50. The third kappa shape index (κ3) is 5.66.